The van der Waals surface area contributed by atoms with Crippen molar-refractivity contribution in [1.82, 2.24) is 14.6 Å². The zero-order valence-corrected chi connectivity index (χ0v) is 16.0. The summed E-state index contributed by atoms with van der Waals surface area (Å²) in [5, 5.41) is 7.82. The van der Waals surface area contributed by atoms with Crippen molar-refractivity contribution in [3.63, 3.8) is 0 Å². The van der Waals surface area contributed by atoms with E-state index in [1.807, 2.05) is 31.2 Å². The maximum Gasteiger partial charge on any atom is 0.276 e. The van der Waals surface area contributed by atoms with Crippen molar-refractivity contribution in [3.8, 4) is 11.1 Å². The molecule has 4 rings (SSSR count). The number of anilines is 1. The second kappa shape index (κ2) is 6.98. The van der Waals surface area contributed by atoms with Crippen molar-refractivity contribution in [2.75, 3.05) is 5.32 Å². The Kier molecular flexibility index (Phi) is 4.49. The molecule has 0 atom stereocenters. The third-order valence-electron chi connectivity index (χ3n) is 4.44. The summed E-state index contributed by atoms with van der Waals surface area (Å²) >= 11 is 6.01. The topological polar surface area (TPSA) is 79.3 Å². The van der Waals surface area contributed by atoms with E-state index < -0.39 is 0 Å². The van der Waals surface area contributed by atoms with Crippen LogP contribution in [0.4, 0.5) is 5.69 Å². The van der Waals surface area contributed by atoms with Gasteiger partial charge in [0.15, 0.2) is 5.69 Å². The predicted molar refractivity (Wildman–Crippen MR) is 110 cm³/mol. The van der Waals surface area contributed by atoms with Gasteiger partial charge in [-0.1, -0.05) is 47.5 Å². The average Bonchev–Trinajstić information content (AvgIpc) is 3.02. The molecule has 0 saturated heterocycles. The largest absolute Gasteiger partial charge is 0.321 e. The molecule has 0 bridgehead atoms. The summed E-state index contributed by atoms with van der Waals surface area (Å²) in [4.78, 5) is 27.9. The number of hydrogen-bond donors (Lipinski definition) is 2. The first-order valence-corrected chi connectivity index (χ1v) is 9.07. The normalized spacial score (nSPS) is 11.0. The van der Waals surface area contributed by atoms with Crippen LogP contribution in [-0.2, 0) is 0 Å². The molecule has 0 saturated carbocycles. The quantitative estimate of drug-likeness (QED) is 0.548. The van der Waals surface area contributed by atoms with Gasteiger partial charge in [-0.2, -0.15) is 5.10 Å². The van der Waals surface area contributed by atoms with Crippen molar-refractivity contribution in [2.45, 2.75) is 13.8 Å². The summed E-state index contributed by atoms with van der Waals surface area (Å²) < 4.78 is 1.57. The lowest BCUT2D eigenvalue weighted by Gasteiger charge is -2.06. The molecule has 0 aliphatic rings. The van der Waals surface area contributed by atoms with E-state index in [0.717, 1.165) is 11.1 Å². The van der Waals surface area contributed by atoms with E-state index in [2.05, 4.69) is 15.4 Å². The Labute approximate surface area is 165 Å². The second-order valence-corrected chi connectivity index (χ2v) is 7.03. The number of carbonyl (C=O) groups is 1. The maximum absolute atomic E-state index is 13.0. The van der Waals surface area contributed by atoms with Gasteiger partial charge < -0.3 is 10.3 Å². The molecule has 0 spiro atoms. The monoisotopic (exact) mass is 392 g/mol. The standard InChI is InChI=1S/C21H17ClN4O2/c1-12-6-8-14(9-7-12)18-19(21(28)23-16-5-3-4-15(22)11-16)25-26-13(2)10-17(27)24-20(18)26/h3-11H,1-2H3,(H,23,28)(H,24,27). The molecule has 2 heterocycles. The Balaban J connectivity index is 1.90. The number of halogens is 1. The number of nitrogens with one attached hydrogen (secondary N) is 2. The number of benzene rings is 2. The van der Waals surface area contributed by atoms with Crippen LogP contribution < -0.4 is 10.9 Å². The lowest BCUT2D eigenvalue weighted by Crippen LogP contribution is -2.14. The van der Waals surface area contributed by atoms with Gasteiger partial charge in [-0.3, -0.25) is 9.59 Å². The van der Waals surface area contributed by atoms with E-state index in [1.54, 1.807) is 35.7 Å². The summed E-state index contributed by atoms with van der Waals surface area (Å²) in [6.07, 6.45) is 0. The third kappa shape index (κ3) is 3.30. The van der Waals surface area contributed by atoms with Crippen molar-refractivity contribution < 1.29 is 4.79 Å². The SMILES string of the molecule is Cc1ccc(-c2c(C(=O)Nc3cccc(Cl)c3)nn3c(C)cc(=O)[nH]c23)cc1. The first-order chi connectivity index (χ1) is 13.4. The molecule has 1 amide bonds. The highest BCUT2D eigenvalue weighted by Gasteiger charge is 2.22. The van der Waals surface area contributed by atoms with Crippen molar-refractivity contribution in [2.24, 2.45) is 0 Å². The highest BCUT2D eigenvalue weighted by atomic mass is 35.5. The maximum atomic E-state index is 13.0. The van der Waals surface area contributed by atoms with E-state index in [1.165, 1.54) is 6.07 Å². The highest BCUT2D eigenvalue weighted by Crippen LogP contribution is 2.29. The van der Waals surface area contributed by atoms with Gasteiger partial charge >= 0.3 is 0 Å². The lowest BCUT2D eigenvalue weighted by molar-refractivity contribution is 0.102. The summed E-state index contributed by atoms with van der Waals surface area (Å²) in [5.41, 5.74) is 4.09. The fourth-order valence-corrected chi connectivity index (χ4v) is 3.29. The predicted octanol–water partition coefficient (Wildman–Crippen LogP) is 4.21. The van der Waals surface area contributed by atoms with Crippen LogP contribution in [0.3, 0.4) is 0 Å². The summed E-state index contributed by atoms with van der Waals surface area (Å²) in [7, 11) is 0. The third-order valence-corrected chi connectivity index (χ3v) is 4.67. The molecule has 0 radical (unpaired) electrons. The number of rotatable bonds is 3. The molecule has 0 unspecified atom stereocenters. The van der Waals surface area contributed by atoms with Gasteiger partial charge in [0.1, 0.15) is 5.65 Å². The fourth-order valence-electron chi connectivity index (χ4n) is 3.10. The van der Waals surface area contributed by atoms with Gasteiger partial charge in [0.2, 0.25) is 0 Å². The van der Waals surface area contributed by atoms with Gasteiger partial charge in [-0.05, 0) is 37.6 Å². The highest BCUT2D eigenvalue weighted by molar-refractivity contribution is 6.31. The van der Waals surface area contributed by atoms with Gasteiger partial charge in [0, 0.05) is 22.5 Å². The summed E-state index contributed by atoms with van der Waals surface area (Å²) in [5.74, 6) is -0.387. The number of nitrogens with zero attached hydrogens (tertiary/aromatic N) is 2. The zero-order valence-electron chi connectivity index (χ0n) is 15.3. The average molecular weight is 393 g/mol. The summed E-state index contributed by atoms with van der Waals surface area (Å²) in [6, 6.07) is 16.0. The molecule has 2 aromatic heterocycles. The molecule has 2 N–H and O–H groups in total. The Morgan fingerprint density at radius 3 is 2.57 bits per heavy atom. The number of hydrogen-bond acceptors (Lipinski definition) is 3. The molecular weight excluding hydrogens is 376 g/mol. The van der Waals surface area contributed by atoms with Crippen molar-refractivity contribution >= 4 is 28.8 Å². The Bertz CT molecular complexity index is 1260. The van der Waals surface area contributed by atoms with Crippen LogP contribution in [0.1, 0.15) is 21.7 Å². The van der Waals surface area contributed by atoms with Crippen LogP contribution in [-0.4, -0.2) is 20.5 Å². The van der Waals surface area contributed by atoms with E-state index in [9.17, 15) is 9.59 Å². The first-order valence-electron chi connectivity index (χ1n) is 8.69. The summed E-state index contributed by atoms with van der Waals surface area (Å²) in [6.45, 7) is 3.76. The van der Waals surface area contributed by atoms with Crippen LogP contribution in [0, 0.1) is 13.8 Å². The minimum Gasteiger partial charge on any atom is -0.321 e. The van der Waals surface area contributed by atoms with Gasteiger partial charge in [-0.25, -0.2) is 4.52 Å². The Morgan fingerprint density at radius 1 is 1.11 bits per heavy atom. The van der Waals surface area contributed by atoms with Crippen molar-refractivity contribution in [1.29, 1.82) is 0 Å². The number of carbonyl (C=O) groups excluding carboxylic acids is 1. The van der Waals surface area contributed by atoms with E-state index in [0.29, 0.717) is 27.6 Å². The molecule has 4 aromatic rings. The second-order valence-electron chi connectivity index (χ2n) is 6.59. The van der Waals surface area contributed by atoms with E-state index in [4.69, 9.17) is 11.6 Å². The fraction of sp³-hybridized carbons (Fsp3) is 0.0952. The molecule has 7 heteroatoms. The molecule has 28 heavy (non-hydrogen) atoms. The molecule has 2 aromatic carbocycles. The number of aromatic amines is 1. The molecule has 0 aliphatic carbocycles. The minimum absolute atomic E-state index is 0.216. The molecule has 6 nitrogen and oxygen atoms in total. The molecule has 0 fully saturated rings. The molecule has 0 aliphatic heterocycles. The first kappa shape index (κ1) is 18.0. The van der Waals surface area contributed by atoms with Crippen LogP contribution in [0.2, 0.25) is 5.02 Å². The van der Waals surface area contributed by atoms with Gasteiger partial charge in [-0.15, -0.1) is 0 Å². The van der Waals surface area contributed by atoms with Crippen LogP contribution >= 0.6 is 11.6 Å². The van der Waals surface area contributed by atoms with Crippen LogP contribution in [0.15, 0.2) is 59.4 Å². The minimum atomic E-state index is -0.387. The van der Waals surface area contributed by atoms with Crippen LogP contribution in [0.5, 0.6) is 0 Å². The number of aryl methyl sites for hydroxylation is 2. The number of aromatic nitrogens is 3. The van der Waals surface area contributed by atoms with Gasteiger partial charge in [0.25, 0.3) is 11.5 Å². The van der Waals surface area contributed by atoms with Gasteiger partial charge in [0.05, 0.1) is 5.56 Å². The molecule has 140 valence electrons. The van der Waals surface area contributed by atoms with Crippen molar-refractivity contribution in [3.05, 3.63) is 86.9 Å². The zero-order chi connectivity index (χ0) is 19.8. The number of H-pyrrole nitrogens is 1. The smallest absolute Gasteiger partial charge is 0.276 e. The van der Waals surface area contributed by atoms with E-state index >= 15 is 0 Å². The molecular formula is C21H17ClN4O2. The number of amides is 1. The van der Waals surface area contributed by atoms with Crippen LogP contribution in [0.25, 0.3) is 16.8 Å². The van der Waals surface area contributed by atoms with E-state index in [-0.39, 0.29) is 17.2 Å². The Morgan fingerprint density at radius 2 is 1.86 bits per heavy atom. The lowest BCUT2D eigenvalue weighted by atomic mass is 10.0. The Hall–Kier alpha value is -3.38. The number of fused-ring (bicyclic) bond motifs is 1.